The number of hydrogen-bond acceptors (Lipinski definition) is 12. The second kappa shape index (κ2) is 18.5. The summed E-state index contributed by atoms with van der Waals surface area (Å²) in [7, 11) is 0. The van der Waals surface area contributed by atoms with Crippen molar-refractivity contribution in [2.45, 2.75) is 80.4 Å². The number of aliphatic hydroxyl groups excluding tert-OH is 1. The number of nitrogens with two attached hydrogens (primary N) is 1. The summed E-state index contributed by atoms with van der Waals surface area (Å²) in [5, 5.41) is 33.0. The Morgan fingerprint density at radius 2 is 1.51 bits per heavy atom. The molecule has 4 N–H and O–H groups in total. The van der Waals surface area contributed by atoms with Crippen LogP contribution in [0.25, 0.3) is 0 Å². The van der Waals surface area contributed by atoms with E-state index in [1.807, 2.05) is 60.7 Å². The molecule has 2 saturated heterocycles. The van der Waals surface area contributed by atoms with Crippen LogP contribution in [0.2, 0.25) is 0 Å². The van der Waals surface area contributed by atoms with Crippen LogP contribution in [0.15, 0.2) is 127 Å². The lowest BCUT2D eigenvalue weighted by Gasteiger charge is -2.46. The summed E-state index contributed by atoms with van der Waals surface area (Å²) in [5.41, 5.74) is 5.44. The van der Waals surface area contributed by atoms with Gasteiger partial charge in [0.05, 0.1) is 35.2 Å². The van der Waals surface area contributed by atoms with Gasteiger partial charge in [-0.3, -0.25) is 29.4 Å². The van der Waals surface area contributed by atoms with E-state index in [1.54, 1.807) is 41.3 Å². The maximum Gasteiger partial charge on any atom is 0.421 e. The van der Waals surface area contributed by atoms with Crippen LogP contribution in [0.4, 0.5) is 16.2 Å². The highest BCUT2D eigenvalue weighted by atomic mass is 16.6. The molecule has 3 amide bonds. The molecule has 3 fully saturated rings. The Bertz CT molecular complexity index is 2770. The SMILES string of the molecule is NC(=O)C1C2C(=O)OC(c3ccccc3)C(c3ccccc3)N2C(c2ccccc2OCCO)C12C(=O)N(C(=O)OCc1ccc([N+](=O)[O-])cc1)c1ccc(C#CC3(O)CCCCCC3)cc12. The fraction of sp³-hybridized carbons (Fsp3) is 0.308. The van der Waals surface area contributed by atoms with Crippen molar-refractivity contribution < 1.29 is 48.5 Å². The molecule has 0 radical (unpaired) electrons. The minimum atomic E-state index is -2.20. The second-order valence-electron chi connectivity index (χ2n) is 17.3. The van der Waals surface area contributed by atoms with Crippen molar-refractivity contribution in [2.24, 2.45) is 11.7 Å². The van der Waals surface area contributed by atoms with Gasteiger partial charge in [-0.15, -0.1) is 0 Å². The Morgan fingerprint density at radius 1 is 0.851 bits per heavy atom. The van der Waals surface area contributed by atoms with Crippen LogP contribution in [-0.4, -0.2) is 68.8 Å². The van der Waals surface area contributed by atoms with Crippen molar-refractivity contribution >= 4 is 35.3 Å². The monoisotopic (exact) mass is 904 g/mol. The number of ether oxygens (including phenoxy) is 3. The van der Waals surface area contributed by atoms with Crippen molar-refractivity contribution in [2.75, 3.05) is 18.1 Å². The molecule has 6 atom stereocenters. The van der Waals surface area contributed by atoms with E-state index in [0.29, 0.717) is 40.7 Å². The van der Waals surface area contributed by atoms with Gasteiger partial charge in [-0.1, -0.05) is 104 Å². The van der Waals surface area contributed by atoms with Crippen LogP contribution in [0, 0.1) is 27.9 Å². The smallest absolute Gasteiger partial charge is 0.421 e. The quantitative estimate of drug-likeness (QED) is 0.0430. The minimum Gasteiger partial charge on any atom is -0.491 e. The highest BCUT2D eigenvalue weighted by Crippen LogP contribution is 2.66. The molecule has 67 heavy (non-hydrogen) atoms. The number of morpholine rings is 1. The van der Waals surface area contributed by atoms with Crippen LogP contribution < -0.4 is 15.4 Å². The number of para-hydroxylation sites is 1. The molecular weight excluding hydrogens is 857 g/mol. The Morgan fingerprint density at radius 3 is 2.16 bits per heavy atom. The van der Waals surface area contributed by atoms with Gasteiger partial charge in [0.1, 0.15) is 42.1 Å². The van der Waals surface area contributed by atoms with Crippen molar-refractivity contribution in [1.82, 2.24) is 4.90 Å². The van der Waals surface area contributed by atoms with Crippen molar-refractivity contribution in [1.29, 1.82) is 0 Å². The van der Waals surface area contributed by atoms with Gasteiger partial charge in [-0.25, -0.2) is 9.69 Å². The molecule has 342 valence electrons. The van der Waals surface area contributed by atoms with Crippen LogP contribution >= 0.6 is 0 Å². The maximum absolute atomic E-state index is 16.2. The number of imide groups is 1. The summed E-state index contributed by atoms with van der Waals surface area (Å²) < 4.78 is 18.4. The lowest BCUT2D eigenvalue weighted by molar-refractivity contribution is -0.384. The van der Waals surface area contributed by atoms with E-state index in [1.165, 1.54) is 30.3 Å². The van der Waals surface area contributed by atoms with E-state index in [9.17, 15) is 29.9 Å². The number of nitro benzene ring substituents is 1. The van der Waals surface area contributed by atoms with Gasteiger partial charge < -0.3 is 30.2 Å². The maximum atomic E-state index is 16.2. The van der Waals surface area contributed by atoms with E-state index >= 15 is 9.59 Å². The Kier molecular flexibility index (Phi) is 12.4. The topological polar surface area (TPSA) is 212 Å². The fourth-order valence-corrected chi connectivity index (χ4v) is 10.5. The summed E-state index contributed by atoms with van der Waals surface area (Å²) in [6.07, 6.45) is 2.36. The Labute approximate surface area is 386 Å². The zero-order valence-electron chi connectivity index (χ0n) is 36.4. The van der Waals surface area contributed by atoms with Gasteiger partial charge in [0.2, 0.25) is 11.8 Å². The Hall–Kier alpha value is -7.38. The lowest BCUT2D eigenvalue weighted by Crippen LogP contribution is -2.55. The van der Waals surface area contributed by atoms with E-state index < -0.39 is 70.0 Å². The molecule has 4 aliphatic rings. The van der Waals surface area contributed by atoms with Gasteiger partial charge in [-0.05, 0) is 84.3 Å². The molecule has 1 spiro atoms. The second-order valence-corrected chi connectivity index (χ2v) is 17.3. The number of fused-ring (bicyclic) bond motifs is 3. The van der Waals surface area contributed by atoms with E-state index in [2.05, 4.69) is 11.8 Å². The molecule has 9 rings (SSSR count). The number of cyclic esters (lactones) is 1. The minimum absolute atomic E-state index is 0.0338. The number of nitro groups is 1. The third-order valence-electron chi connectivity index (χ3n) is 13.4. The summed E-state index contributed by atoms with van der Waals surface area (Å²) in [4.78, 5) is 74.0. The van der Waals surface area contributed by atoms with Gasteiger partial charge >= 0.3 is 12.1 Å². The van der Waals surface area contributed by atoms with Gasteiger partial charge in [0.25, 0.3) is 5.69 Å². The molecule has 0 bridgehead atoms. The largest absolute Gasteiger partial charge is 0.491 e. The number of nitrogens with zero attached hydrogens (tertiary/aromatic N) is 3. The zero-order chi connectivity index (χ0) is 46.9. The number of amides is 3. The molecule has 1 aliphatic carbocycles. The highest BCUT2D eigenvalue weighted by molar-refractivity contribution is 6.23. The van der Waals surface area contributed by atoms with E-state index in [-0.39, 0.29) is 42.5 Å². The number of rotatable bonds is 10. The van der Waals surface area contributed by atoms with Crippen molar-refractivity contribution in [3.05, 3.63) is 171 Å². The highest BCUT2D eigenvalue weighted by Gasteiger charge is 2.76. The number of benzene rings is 5. The number of primary amides is 1. The number of esters is 1. The first-order chi connectivity index (χ1) is 32.5. The predicted octanol–water partition coefficient (Wildman–Crippen LogP) is 6.89. The third-order valence-corrected chi connectivity index (χ3v) is 13.4. The number of non-ortho nitro benzene ring substituents is 1. The van der Waals surface area contributed by atoms with E-state index in [4.69, 9.17) is 19.9 Å². The van der Waals surface area contributed by atoms with Crippen LogP contribution in [-0.2, 0) is 35.9 Å². The first kappa shape index (κ1) is 44.8. The Balaban J connectivity index is 1.30. The van der Waals surface area contributed by atoms with Gasteiger partial charge in [-0.2, -0.15) is 0 Å². The molecular formula is C52H48N4O11. The molecule has 0 aromatic heterocycles. The standard InChI is InChI=1S/C52H48N4O11/c53-47(58)42-44-48(59)67-45(36-15-7-4-8-16-36)43(35-13-5-3-6-14-35)55(44)46(38-17-9-10-18-41(38)65-30-29-57)52(42)39-31-33(25-28-51(62)26-11-1-2-12-27-51)21-24-40(39)54(49(52)60)50(61)66-32-34-19-22-37(23-20-34)56(63)64/h3-10,13-24,31,42-46,57,62H,1-2,11-12,26-27,29-30,32H2,(H2,53,58). The lowest BCUT2D eigenvalue weighted by atomic mass is 9.65. The first-order valence-electron chi connectivity index (χ1n) is 22.3. The fourth-order valence-electron chi connectivity index (χ4n) is 10.5. The summed E-state index contributed by atoms with van der Waals surface area (Å²) in [6.45, 7) is -0.897. The van der Waals surface area contributed by atoms with Crippen LogP contribution in [0.1, 0.15) is 90.1 Å². The number of carbonyl (C=O) groups excluding carboxylic acids is 4. The first-order valence-corrected chi connectivity index (χ1v) is 22.3. The molecule has 15 nitrogen and oxygen atoms in total. The molecule has 3 aliphatic heterocycles. The average molecular weight is 905 g/mol. The zero-order valence-corrected chi connectivity index (χ0v) is 36.4. The van der Waals surface area contributed by atoms with Crippen molar-refractivity contribution in [3.8, 4) is 17.6 Å². The van der Waals surface area contributed by atoms with E-state index in [0.717, 1.165) is 30.6 Å². The van der Waals surface area contributed by atoms with Crippen LogP contribution in [0.3, 0.4) is 0 Å². The number of carbonyl (C=O) groups is 4. The number of aliphatic hydroxyl groups is 2. The third kappa shape index (κ3) is 8.07. The molecule has 6 unspecified atom stereocenters. The molecule has 3 heterocycles. The summed E-state index contributed by atoms with van der Waals surface area (Å²) in [6, 6.07) is 31.6. The number of anilines is 1. The summed E-state index contributed by atoms with van der Waals surface area (Å²) in [5.74, 6) is 1.97. The van der Waals surface area contributed by atoms with Crippen LogP contribution in [0.5, 0.6) is 5.75 Å². The molecule has 5 aromatic rings. The van der Waals surface area contributed by atoms with Gasteiger partial charge in [0.15, 0.2) is 0 Å². The predicted molar refractivity (Wildman–Crippen MR) is 243 cm³/mol. The van der Waals surface area contributed by atoms with Gasteiger partial charge in [0, 0.05) is 23.3 Å². The molecule has 1 saturated carbocycles. The molecule has 15 heteroatoms. The number of hydrogen-bond donors (Lipinski definition) is 3. The normalized spacial score (nSPS) is 24.1. The summed E-state index contributed by atoms with van der Waals surface area (Å²) >= 11 is 0. The van der Waals surface area contributed by atoms with Crippen molar-refractivity contribution in [3.63, 3.8) is 0 Å². The molecule has 5 aromatic carbocycles. The average Bonchev–Trinajstić information content (AvgIpc) is 3.68.